The van der Waals surface area contributed by atoms with E-state index in [0.29, 0.717) is 11.7 Å². The van der Waals surface area contributed by atoms with Crippen LogP contribution in [0.1, 0.15) is 20.8 Å². The van der Waals surface area contributed by atoms with E-state index in [1.165, 1.54) is 0 Å². The lowest BCUT2D eigenvalue weighted by Crippen LogP contribution is -2.24. The highest BCUT2D eigenvalue weighted by Crippen LogP contribution is 2.20. The summed E-state index contributed by atoms with van der Waals surface area (Å²) in [6, 6.07) is 3.66. The van der Waals surface area contributed by atoms with E-state index in [2.05, 4.69) is 26.2 Å². The van der Waals surface area contributed by atoms with Gasteiger partial charge < -0.3 is 5.32 Å². The van der Waals surface area contributed by atoms with Crippen molar-refractivity contribution in [3.05, 3.63) is 22.8 Å². The number of nitrogens with zero attached hydrogens (tertiary/aromatic N) is 1. The second-order valence-corrected chi connectivity index (χ2v) is 4.71. The van der Waals surface area contributed by atoms with Crippen molar-refractivity contribution in [1.29, 1.82) is 0 Å². The molecule has 1 unspecified atom stereocenters. The van der Waals surface area contributed by atoms with Gasteiger partial charge in [0.05, 0.1) is 4.47 Å². The summed E-state index contributed by atoms with van der Waals surface area (Å²) >= 11 is 3.33. The molecule has 0 spiro atoms. The zero-order chi connectivity index (χ0) is 11.4. The maximum atomic E-state index is 11.7. The third-order valence-electron chi connectivity index (χ3n) is 2.41. The molecule has 0 fully saturated rings. The Hall–Kier alpha value is -0.900. The molecule has 1 heterocycles. The monoisotopic (exact) mass is 270 g/mol. The molecule has 3 nitrogen and oxygen atoms in total. The number of hydrogen-bond acceptors (Lipinski definition) is 2. The highest BCUT2D eigenvalue weighted by Gasteiger charge is 2.17. The lowest BCUT2D eigenvalue weighted by Gasteiger charge is -2.15. The zero-order valence-electron chi connectivity index (χ0n) is 9.12. The topological polar surface area (TPSA) is 42.0 Å². The first-order valence-electron chi connectivity index (χ1n) is 4.93. The molecule has 0 saturated carbocycles. The van der Waals surface area contributed by atoms with Crippen LogP contribution in [0.25, 0.3) is 0 Å². The number of aromatic nitrogens is 1. The summed E-state index contributed by atoms with van der Waals surface area (Å²) in [5, 5.41) is 2.79. The van der Waals surface area contributed by atoms with Crippen molar-refractivity contribution >= 4 is 27.7 Å². The number of pyridine rings is 1. The zero-order valence-corrected chi connectivity index (χ0v) is 10.7. The van der Waals surface area contributed by atoms with Crippen molar-refractivity contribution in [3.63, 3.8) is 0 Å². The molecule has 1 N–H and O–H groups in total. The molecule has 0 aliphatic carbocycles. The second-order valence-electron chi connectivity index (χ2n) is 3.86. The van der Waals surface area contributed by atoms with Gasteiger partial charge in [0.2, 0.25) is 5.91 Å². The third-order valence-corrected chi connectivity index (χ3v) is 3.05. The third kappa shape index (κ3) is 3.30. The van der Waals surface area contributed by atoms with Crippen LogP contribution in [-0.2, 0) is 4.79 Å². The molecule has 0 aliphatic rings. The minimum absolute atomic E-state index is 0.00407. The number of halogens is 1. The lowest BCUT2D eigenvalue weighted by molar-refractivity contribution is -0.120. The molecule has 0 aliphatic heterocycles. The highest BCUT2D eigenvalue weighted by atomic mass is 79.9. The van der Waals surface area contributed by atoms with Gasteiger partial charge in [0.15, 0.2) is 0 Å². The molecule has 1 atom stereocenters. The molecule has 1 rings (SSSR count). The van der Waals surface area contributed by atoms with Gasteiger partial charge in [-0.3, -0.25) is 4.79 Å². The molecule has 4 heteroatoms. The van der Waals surface area contributed by atoms with Gasteiger partial charge in [-0.05, 0) is 34.0 Å². The van der Waals surface area contributed by atoms with E-state index in [4.69, 9.17) is 0 Å². The van der Waals surface area contributed by atoms with Crippen molar-refractivity contribution < 1.29 is 4.79 Å². The first-order valence-corrected chi connectivity index (χ1v) is 5.73. The van der Waals surface area contributed by atoms with Crippen molar-refractivity contribution in [3.8, 4) is 0 Å². The Morgan fingerprint density at radius 1 is 1.47 bits per heavy atom. The van der Waals surface area contributed by atoms with Gasteiger partial charge >= 0.3 is 0 Å². The summed E-state index contributed by atoms with van der Waals surface area (Å²) in [6.07, 6.45) is 1.65. The number of rotatable bonds is 3. The summed E-state index contributed by atoms with van der Waals surface area (Å²) in [5.41, 5.74) is 0. The van der Waals surface area contributed by atoms with E-state index in [-0.39, 0.29) is 11.8 Å². The molecular weight excluding hydrogens is 256 g/mol. The average Bonchev–Trinajstić information content (AvgIpc) is 2.20. The first-order chi connectivity index (χ1) is 7.02. The fourth-order valence-electron chi connectivity index (χ4n) is 1.01. The van der Waals surface area contributed by atoms with Crippen molar-refractivity contribution in [2.24, 2.45) is 11.8 Å². The van der Waals surface area contributed by atoms with Crippen molar-refractivity contribution in [1.82, 2.24) is 4.98 Å². The summed E-state index contributed by atoms with van der Waals surface area (Å²) < 4.78 is 0.800. The Labute approximate surface area is 98.4 Å². The van der Waals surface area contributed by atoms with Gasteiger partial charge in [-0.2, -0.15) is 0 Å². The number of carbonyl (C=O) groups is 1. The van der Waals surface area contributed by atoms with E-state index in [0.717, 1.165) is 4.47 Å². The fourth-order valence-corrected chi connectivity index (χ4v) is 1.37. The quantitative estimate of drug-likeness (QED) is 0.917. The standard InChI is InChI=1S/C11H15BrN2O/c1-7(2)8(3)11(15)14-10-9(12)5-4-6-13-10/h4-8H,1-3H3,(H,13,14,15). The van der Waals surface area contributed by atoms with Gasteiger partial charge in [0.1, 0.15) is 5.82 Å². The SMILES string of the molecule is CC(C)C(C)C(=O)Nc1ncccc1Br. The Balaban J connectivity index is 2.71. The van der Waals surface area contributed by atoms with Gasteiger partial charge in [0, 0.05) is 12.1 Å². The molecule has 0 aromatic carbocycles. The fraction of sp³-hybridized carbons (Fsp3) is 0.455. The largest absolute Gasteiger partial charge is 0.310 e. The van der Waals surface area contributed by atoms with E-state index < -0.39 is 0 Å². The van der Waals surface area contributed by atoms with Crippen LogP contribution in [-0.4, -0.2) is 10.9 Å². The molecule has 1 aromatic heterocycles. The summed E-state index contributed by atoms with van der Waals surface area (Å²) in [7, 11) is 0. The van der Waals surface area contributed by atoms with E-state index in [1.807, 2.05) is 32.9 Å². The average molecular weight is 271 g/mol. The number of anilines is 1. The second kappa shape index (κ2) is 5.26. The molecule has 0 saturated heterocycles. The molecule has 15 heavy (non-hydrogen) atoms. The lowest BCUT2D eigenvalue weighted by atomic mass is 9.97. The molecule has 82 valence electrons. The minimum atomic E-state index is -0.0149. The first kappa shape index (κ1) is 12.2. The van der Waals surface area contributed by atoms with Crippen molar-refractivity contribution in [2.75, 3.05) is 5.32 Å². The molecule has 1 amide bonds. The normalized spacial score (nSPS) is 12.6. The molecule has 0 bridgehead atoms. The maximum absolute atomic E-state index is 11.7. The van der Waals surface area contributed by atoms with Crippen LogP contribution in [0.15, 0.2) is 22.8 Å². The van der Waals surface area contributed by atoms with Gasteiger partial charge in [-0.25, -0.2) is 4.98 Å². The number of amides is 1. The molecule has 1 aromatic rings. The highest BCUT2D eigenvalue weighted by molar-refractivity contribution is 9.10. The van der Waals surface area contributed by atoms with Gasteiger partial charge in [-0.15, -0.1) is 0 Å². The number of carbonyl (C=O) groups excluding carboxylic acids is 1. The predicted octanol–water partition coefficient (Wildman–Crippen LogP) is 3.07. The number of hydrogen-bond donors (Lipinski definition) is 1. The Kier molecular flexibility index (Phi) is 4.27. The summed E-state index contributed by atoms with van der Waals surface area (Å²) in [6.45, 7) is 5.96. The Bertz CT molecular complexity index is 352. The minimum Gasteiger partial charge on any atom is -0.310 e. The van der Waals surface area contributed by atoms with Crippen LogP contribution >= 0.6 is 15.9 Å². The van der Waals surface area contributed by atoms with E-state index in [9.17, 15) is 4.79 Å². The smallest absolute Gasteiger partial charge is 0.228 e. The van der Waals surface area contributed by atoms with Gasteiger partial charge in [-0.1, -0.05) is 20.8 Å². The number of nitrogens with one attached hydrogen (secondary N) is 1. The van der Waals surface area contributed by atoms with Crippen LogP contribution in [0.4, 0.5) is 5.82 Å². The summed E-state index contributed by atoms with van der Waals surface area (Å²) in [5.74, 6) is 0.894. The van der Waals surface area contributed by atoms with Crippen LogP contribution in [0.2, 0.25) is 0 Å². The van der Waals surface area contributed by atoms with E-state index in [1.54, 1.807) is 6.20 Å². The van der Waals surface area contributed by atoms with Crippen LogP contribution in [0, 0.1) is 11.8 Å². The van der Waals surface area contributed by atoms with Gasteiger partial charge in [0.25, 0.3) is 0 Å². The summed E-state index contributed by atoms with van der Waals surface area (Å²) in [4.78, 5) is 15.8. The van der Waals surface area contributed by atoms with Crippen LogP contribution < -0.4 is 5.32 Å². The van der Waals surface area contributed by atoms with Crippen molar-refractivity contribution in [2.45, 2.75) is 20.8 Å². The Morgan fingerprint density at radius 2 is 2.13 bits per heavy atom. The van der Waals surface area contributed by atoms with Crippen LogP contribution in [0.3, 0.4) is 0 Å². The Morgan fingerprint density at radius 3 is 2.67 bits per heavy atom. The maximum Gasteiger partial charge on any atom is 0.228 e. The molecule has 0 radical (unpaired) electrons. The van der Waals surface area contributed by atoms with Crippen LogP contribution in [0.5, 0.6) is 0 Å². The molecular formula is C11H15BrN2O. The predicted molar refractivity (Wildman–Crippen MR) is 64.6 cm³/mol. The van der Waals surface area contributed by atoms with E-state index >= 15 is 0 Å².